The fourth-order valence-corrected chi connectivity index (χ4v) is 3.49. The van der Waals surface area contributed by atoms with Gasteiger partial charge < -0.3 is 15.5 Å². The molecule has 3 rings (SSSR count). The van der Waals surface area contributed by atoms with Crippen LogP contribution in [0.3, 0.4) is 0 Å². The number of carbonyl (C=O) groups excluding carboxylic acids is 3. The first-order chi connectivity index (χ1) is 13.0. The first-order valence-corrected chi connectivity index (χ1v) is 9.81. The largest absolute Gasteiger partial charge is 0.326 e. The summed E-state index contributed by atoms with van der Waals surface area (Å²) in [5.41, 5.74) is 2.02. The number of carbonyl (C=O) groups is 3. The number of anilines is 3. The zero-order chi connectivity index (χ0) is 19.4. The van der Waals surface area contributed by atoms with Crippen molar-refractivity contribution in [1.82, 2.24) is 0 Å². The maximum atomic E-state index is 12.6. The van der Waals surface area contributed by atoms with Crippen molar-refractivity contribution in [2.75, 3.05) is 28.3 Å². The van der Waals surface area contributed by atoms with Gasteiger partial charge in [0.05, 0.1) is 5.92 Å². The summed E-state index contributed by atoms with van der Waals surface area (Å²) in [6, 6.07) is 14.7. The van der Waals surface area contributed by atoms with E-state index < -0.39 is 5.92 Å². The highest BCUT2D eigenvalue weighted by Gasteiger charge is 2.35. The molecule has 7 heteroatoms. The summed E-state index contributed by atoms with van der Waals surface area (Å²) in [7, 11) is 0. The lowest BCUT2D eigenvalue weighted by atomic mass is 10.1. The van der Waals surface area contributed by atoms with E-state index in [2.05, 4.69) is 10.6 Å². The van der Waals surface area contributed by atoms with E-state index in [1.54, 1.807) is 40.9 Å². The van der Waals surface area contributed by atoms with E-state index in [4.69, 9.17) is 0 Å². The van der Waals surface area contributed by atoms with Gasteiger partial charge in [0.2, 0.25) is 17.7 Å². The number of rotatable bonds is 5. The Kier molecular flexibility index (Phi) is 5.81. The van der Waals surface area contributed by atoms with Crippen LogP contribution in [0.5, 0.6) is 0 Å². The summed E-state index contributed by atoms with van der Waals surface area (Å²) in [5, 5.41) is 5.60. The Labute approximate surface area is 162 Å². The lowest BCUT2D eigenvalue weighted by molar-refractivity contribution is -0.122. The van der Waals surface area contributed by atoms with Crippen LogP contribution in [0.25, 0.3) is 0 Å². The molecule has 140 valence electrons. The molecule has 0 bridgehead atoms. The van der Waals surface area contributed by atoms with Crippen LogP contribution in [0.15, 0.2) is 53.4 Å². The minimum atomic E-state index is -0.417. The molecular formula is C20H21N3O3S. The molecule has 1 unspecified atom stereocenters. The van der Waals surface area contributed by atoms with Crippen LogP contribution < -0.4 is 15.5 Å². The van der Waals surface area contributed by atoms with Gasteiger partial charge in [-0.25, -0.2) is 0 Å². The van der Waals surface area contributed by atoms with Gasteiger partial charge in [-0.15, -0.1) is 11.8 Å². The van der Waals surface area contributed by atoms with E-state index in [0.29, 0.717) is 17.9 Å². The van der Waals surface area contributed by atoms with E-state index in [0.717, 1.165) is 10.6 Å². The third-order valence-corrected chi connectivity index (χ3v) is 5.04. The molecule has 2 aromatic rings. The van der Waals surface area contributed by atoms with Gasteiger partial charge in [0, 0.05) is 41.8 Å². The van der Waals surface area contributed by atoms with Crippen molar-refractivity contribution in [2.45, 2.75) is 18.2 Å². The summed E-state index contributed by atoms with van der Waals surface area (Å²) in [5.74, 6) is -0.861. The van der Waals surface area contributed by atoms with Gasteiger partial charge in [-0.3, -0.25) is 14.4 Å². The van der Waals surface area contributed by atoms with Crippen LogP contribution >= 0.6 is 11.8 Å². The van der Waals surface area contributed by atoms with Crippen molar-refractivity contribution in [3.05, 3.63) is 48.5 Å². The van der Waals surface area contributed by atoms with Gasteiger partial charge in [-0.2, -0.15) is 0 Å². The van der Waals surface area contributed by atoms with Crippen LogP contribution in [0.1, 0.15) is 13.3 Å². The summed E-state index contributed by atoms with van der Waals surface area (Å²) in [4.78, 5) is 38.9. The Hall–Kier alpha value is -2.80. The van der Waals surface area contributed by atoms with Crippen LogP contribution in [-0.2, 0) is 14.4 Å². The van der Waals surface area contributed by atoms with Gasteiger partial charge in [-0.1, -0.05) is 12.1 Å². The SMILES string of the molecule is CSc1cccc(NC(=O)C2CC(=O)N(c3cccc(NC(C)=O)c3)C2)c1. The zero-order valence-electron chi connectivity index (χ0n) is 15.2. The molecule has 0 aromatic heterocycles. The van der Waals surface area contributed by atoms with Gasteiger partial charge >= 0.3 is 0 Å². The van der Waals surface area contributed by atoms with Crippen LogP contribution in [0.2, 0.25) is 0 Å². The number of thioether (sulfide) groups is 1. The van der Waals surface area contributed by atoms with Crippen LogP contribution in [0, 0.1) is 5.92 Å². The average molecular weight is 383 g/mol. The first kappa shape index (κ1) is 19.0. The van der Waals surface area contributed by atoms with Gasteiger partial charge in [0.15, 0.2) is 0 Å². The number of hydrogen-bond donors (Lipinski definition) is 2. The Balaban J connectivity index is 1.69. The highest BCUT2D eigenvalue weighted by Crippen LogP contribution is 2.28. The molecule has 0 aliphatic carbocycles. The number of amides is 3. The van der Waals surface area contributed by atoms with E-state index >= 15 is 0 Å². The molecule has 27 heavy (non-hydrogen) atoms. The molecule has 1 heterocycles. The van der Waals surface area contributed by atoms with E-state index in [-0.39, 0.29) is 24.1 Å². The molecule has 0 saturated carbocycles. The smallest absolute Gasteiger partial charge is 0.229 e. The van der Waals surface area contributed by atoms with Crippen molar-refractivity contribution < 1.29 is 14.4 Å². The number of nitrogens with zero attached hydrogens (tertiary/aromatic N) is 1. The fraction of sp³-hybridized carbons (Fsp3) is 0.250. The molecule has 1 fully saturated rings. The highest BCUT2D eigenvalue weighted by atomic mass is 32.2. The van der Waals surface area contributed by atoms with Crippen molar-refractivity contribution >= 4 is 46.5 Å². The second kappa shape index (κ2) is 8.26. The maximum Gasteiger partial charge on any atom is 0.229 e. The van der Waals surface area contributed by atoms with Gasteiger partial charge in [0.25, 0.3) is 0 Å². The molecule has 0 spiro atoms. The fourth-order valence-electron chi connectivity index (χ4n) is 3.03. The lowest BCUT2D eigenvalue weighted by Gasteiger charge is -2.18. The second-order valence-corrected chi connectivity index (χ2v) is 7.24. The summed E-state index contributed by atoms with van der Waals surface area (Å²) in [6.45, 7) is 1.75. The van der Waals surface area contributed by atoms with E-state index in [1.807, 2.05) is 30.5 Å². The number of hydrogen-bond acceptors (Lipinski definition) is 4. The lowest BCUT2D eigenvalue weighted by Crippen LogP contribution is -2.28. The summed E-state index contributed by atoms with van der Waals surface area (Å²) < 4.78 is 0. The van der Waals surface area contributed by atoms with Crippen LogP contribution in [-0.4, -0.2) is 30.5 Å². The average Bonchev–Trinajstić information content (AvgIpc) is 3.03. The van der Waals surface area contributed by atoms with Crippen molar-refractivity contribution in [1.29, 1.82) is 0 Å². The Bertz CT molecular complexity index is 884. The van der Waals surface area contributed by atoms with Gasteiger partial charge in [0.1, 0.15) is 0 Å². The molecule has 0 radical (unpaired) electrons. The summed E-state index contributed by atoms with van der Waals surface area (Å²) in [6.07, 6.45) is 2.14. The normalized spacial score (nSPS) is 16.3. The molecule has 1 aliphatic heterocycles. The molecule has 2 aromatic carbocycles. The Morgan fingerprint density at radius 3 is 2.48 bits per heavy atom. The van der Waals surface area contributed by atoms with E-state index in [9.17, 15) is 14.4 Å². The van der Waals surface area contributed by atoms with Crippen molar-refractivity contribution in [3.8, 4) is 0 Å². The molecule has 2 N–H and O–H groups in total. The second-order valence-electron chi connectivity index (χ2n) is 6.36. The maximum absolute atomic E-state index is 12.6. The molecule has 6 nitrogen and oxygen atoms in total. The third-order valence-electron chi connectivity index (χ3n) is 4.31. The van der Waals surface area contributed by atoms with E-state index in [1.165, 1.54) is 6.92 Å². The Morgan fingerprint density at radius 2 is 1.78 bits per heavy atom. The molecular weight excluding hydrogens is 362 g/mol. The molecule has 1 saturated heterocycles. The van der Waals surface area contributed by atoms with Gasteiger partial charge in [-0.05, 0) is 42.7 Å². The minimum Gasteiger partial charge on any atom is -0.326 e. The van der Waals surface area contributed by atoms with Crippen LogP contribution in [0.4, 0.5) is 17.1 Å². The van der Waals surface area contributed by atoms with Crippen molar-refractivity contribution in [2.24, 2.45) is 5.92 Å². The molecule has 1 aliphatic rings. The number of nitrogens with one attached hydrogen (secondary N) is 2. The predicted molar refractivity (Wildman–Crippen MR) is 108 cm³/mol. The minimum absolute atomic E-state index is 0.104. The molecule has 1 atom stereocenters. The third kappa shape index (κ3) is 4.68. The quantitative estimate of drug-likeness (QED) is 0.776. The van der Waals surface area contributed by atoms with Crippen molar-refractivity contribution in [3.63, 3.8) is 0 Å². The predicted octanol–water partition coefficient (Wildman–Crippen LogP) is 3.36. The zero-order valence-corrected chi connectivity index (χ0v) is 16.0. The Morgan fingerprint density at radius 1 is 1.07 bits per heavy atom. The topological polar surface area (TPSA) is 78.5 Å². The standard InChI is InChI=1S/C20H21N3O3S/c1-13(24)21-15-5-3-7-17(10-15)23-12-14(9-19(23)25)20(26)22-16-6-4-8-18(11-16)27-2/h3-8,10-11,14H,9,12H2,1-2H3,(H,21,24)(H,22,26). The number of benzene rings is 2. The highest BCUT2D eigenvalue weighted by molar-refractivity contribution is 7.98. The monoisotopic (exact) mass is 383 g/mol. The summed E-state index contributed by atoms with van der Waals surface area (Å²) >= 11 is 1.60. The first-order valence-electron chi connectivity index (χ1n) is 8.59. The molecule has 3 amide bonds.